The van der Waals surface area contributed by atoms with Gasteiger partial charge in [-0.05, 0) is 0 Å². The second-order valence-corrected chi connectivity index (χ2v) is 0. The zero-order chi connectivity index (χ0) is 0. The van der Waals surface area contributed by atoms with Crippen LogP contribution < -0.4 is 0 Å². The van der Waals surface area contributed by atoms with E-state index in [1.165, 1.54) is 0 Å². The van der Waals surface area contributed by atoms with Crippen molar-refractivity contribution in [1.29, 1.82) is 0 Å². The maximum atomic E-state index is 0. The van der Waals surface area contributed by atoms with Gasteiger partial charge in [-0.1, -0.05) is 0 Å². The molecular formula is Fe50O60+30. The Labute approximate surface area is 1160 Å². The Kier molecular flexibility index (Phi) is 159000. The SMILES string of the molecule is [Fe+3].[Fe+3].[Fe+3].[Fe+3].[Fe+3].[Fe+3].[Fe+3].[Fe+3].[Fe+3].[Fe+3].[Fe+3].[Fe+3].[Fe+3].[Fe+3].[Fe+3].[Fe+3].[Fe+3].[Fe+3].[Fe+3].[Fe+3].[Fe+3].[Fe+3].[Fe+3].[Fe+3].[Fe+3].[Fe+3].[Fe+3].[Fe+3].[Fe+3].[Fe+3].[Fe+3].[Fe+3].[Fe+3].[Fe+3].[Fe+3].[Fe+3].[Fe+3].[Fe+3].[Fe+3].[Fe+3].[Fe+3].[Fe+3].[Fe+3].[Fe+3].[Fe+3].[Fe+3].[Fe+3].[Fe+3].[Fe+3].[Fe+3].[O-2].[O-2].[O-2].[O-2].[O-2].[O-2].[O-2].[O-2].[O-2].[O-2].[O-2].[O-2].[O-2].[O-2].[O-2].[O-2].[O-2].[O-2].[O-2].[O-2].[O-2].[O-2].[O-2].[O-2].[O-2].[O-2].[O-2].[O-2].[O-2].[O-2].[O-2].[O-2].[O-2].[O-2].[O-2].[O-2].[O-2].[O-2].[O-2].[O-2].[O-2].[O-2].[O-2].[O-2].[O-2].[O-2].[O-2].[O-2].[O-2].[O-2].[O-2].[O-2].[O-2].[O-2].[O-2].[O-2].[O-2].[O-2].[O-2].[O-2]. The average molecular weight is 3750 g/mol. The van der Waals surface area contributed by atoms with Crippen LogP contribution in [0.5, 0.6) is 0 Å². The number of hydrogen-bond acceptors (Lipinski definition) is 0. The second-order valence-electron chi connectivity index (χ2n) is 0. The summed E-state index contributed by atoms with van der Waals surface area (Å²) >= 11 is 0. The van der Waals surface area contributed by atoms with Crippen LogP contribution >= 0.6 is 0 Å². The van der Waals surface area contributed by atoms with Crippen molar-refractivity contribution in [3.8, 4) is 0 Å². The molecule has 0 rings (SSSR count). The van der Waals surface area contributed by atoms with E-state index in [0.717, 1.165) is 0 Å². The molecule has 50 radical (unpaired) electrons. The van der Waals surface area contributed by atoms with Crippen molar-refractivity contribution >= 4 is 0 Å². The fourth-order valence-electron chi connectivity index (χ4n) is 0. The van der Waals surface area contributed by atoms with E-state index in [-0.39, 0.29) is 1180 Å². The molecule has 0 atom stereocenters. The summed E-state index contributed by atoms with van der Waals surface area (Å²) in [5.74, 6) is 0. The average Bonchev–Trinajstić information content (AvgIpc) is 0. The van der Waals surface area contributed by atoms with Crippen molar-refractivity contribution in [3.05, 3.63) is 0 Å². The van der Waals surface area contributed by atoms with Crippen LogP contribution in [-0.2, 0) is 1180 Å². The van der Waals surface area contributed by atoms with Crippen LogP contribution in [0.1, 0.15) is 0 Å². The molecule has 0 spiro atoms. The molecule has 730 valence electrons. The maximum absolute atomic E-state index is 0. The molecule has 0 aromatic heterocycles. The van der Waals surface area contributed by atoms with Crippen molar-refractivity contribution in [2.75, 3.05) is 0 Å². The summed E-state index contributed by atoms with van der Waals surface area (Å²) < 4.78 is 0. The van der Waals surface area contributed by atoms with E-state index in [1.54, 1.807) is 0 Å². The van der Waals surface area contributed by atoms with Gasteiger partial charge in [0.25, 0.3) is 0 Å². The van der Waals surface area contributed by atoms with Gasteiger partial charge in [-0.25, -0.2) is 0 Å². The van der Waals surface area contributed by atoms with Gasteiger partial charge in [0.2, 0.25) is 0 Å². The summed E-state index contributed by atoms with van der Waals surface area (Å²) in [5.41, 5.74) is 0. The van der Waals surface area contributed by atoms with Crippen molar-refractivity contribution in [2.45, 2.75) is 0 Å². The first-order valence-electron chi connectivity index (χ1n) is 0. The molecule has 0 saturated heterocycles. The number of rotatable bonds is 0. The first-order chi connectivity index (χ1) is 0. The Balaban J connectivity index is 0. The summed E-state index contributed by atoms with van der Waals surface area (Å²) in [6.07, 6.45) is 0. The second kappa shape index (κ2) is 4130. The van der Waals surface area contributed by atoms with E-state index in [4.69, 9.17) is 0 Å². The Morgan fingerprint density at radius 1 is 0.0182 bits per heavy atom. The molecule has 0 fully saturated rings. The van der Waals surface area contributed by atoms with Crippen molar-refractivity contribution < 1.29 is 1180 Å². The molecule has 0 aromatic carbocycles. The van der Waals surface area contributed by atoms with Crippen molar-refractivity contribution in [1.82, 2.24) is 0 Å². The summed E-state index contributed by atoms with van der Waals surface area (Å²) in [4.78, 5) is 0. The van der Waals surface area contributed by atoms with Crippen LogP contribution in [0.4, 0.5) is 0 Å². The van der Waals surface area contributed by atoms with Crippen LogP contribution in [-0.4, -0.2) is 0 Å². The minimum absolute atomic E-state index is 0. The molecule has 110 heteroatoms. The molecule has 0 bridgehead atoms. The van der Waals surface area contributed by atoms with E-state index >= 15 is 0 Å². The third-order valence-corrected chi connectivity index (χ3v) is 0. The van der Waals surface area contributed by atoms with E-state index in [1.807, 2.05) is 0 Å². The van der Waals surface area contributed by atoms with Gasteiger partial charge >= 0.3 is 853 Å². The maximum Gasteiger partial charge on any atom is 3.00 e. The van der Waals surface area contributed by atoms with Crippen LogP contribution in [0.25, 0.3) is 0 Å². The number of hydrogen-bond donors (Lipinski definition) is 0. The van der Waals surface area contributed by atoms with Gasteiger partial charge in [-0.15, -0.1) is 0 Å². The molecule has 0 aliphatic carbocycles. The van der Waals surface area contributed by atoms with E-state index in [0.29, 0.717) is 0 Å². The van der Waals surface area contributed by atoms with Crippen molar-refractivity contribution in [2.24, 2.45) is 0 Å². The molecule has 0 aromatic rings. The van der Waals surface area contributed by atoms with Gasteiger partial charge in [0, 0.05) is 0 Å². The van der Waals surface area contributed by atoms with E-state index in [2.05, 4.69) is 0 Å². The first-order valence-corrected chi connectivity index (χ1v) is 0. The summed E-state index contributed by atoms with van der Waals surface area (Å²) in [5, 5.41) is 0. The molecule has 0 saturated carbocycles. The first kappa shape index (κ1) is 4220. The fourth-order valence-corrected chi connectivity index (χ4v) is 0. The zero-order valence-electron chi connectivity index (χ0n) is 42.2. The Bertz CT molecular complexity index is 109. The van der Waals surface area contributed by atoms with Crippen LogP contribution in [0.2, 0.25) is 0 Å². The molecule has 0 aliphatic rings. The van der Waals surface area contributed by atoms with E-state index in [9.17, 15) is 0 Å². The zero-order valence-corrected chi connectivity index (χ0v) is 97.4. The Morgan fingerprint density at radius 2 is 0.0182 bits per heavy atom. The van der Waals surface area contributed by atoms with Crippen LogP contribution in [0, 0.1) is 0 Å². The molecule has 0 aliphatic heterocycles. The predicted molar refractivity (Wildman–Crippen MR) is 41.2 cm³/mol. The smallest absolute Gasteiger partial charge is 2.00 e. The minimum Gasteiger partial charge on any atom is -2.00 e. The quantitative estimate of drug-likeness (QED) is 0.204. The third kappa shape index (κ3) is 4040. The molecular weight excluding hydrogens is 3750 g/mol. The molecule has 0 amide bonds. The van der Waals surface area contributed by atoms with E-state index < -0.39 is 0 Å². The Hall–Kier alpha value is 23.6. The van der Waals surface area contributed by atoms with Crippen LogP contribution in [0.15, 0.2) is 0 Å². The van der Waals surface area contributed by atoms with Crippen molar-refractivity contribution in [3.63, 3.8) is 0 Å². The van der Waals surface area contributed by atoms with Gasteiger partial charge < -0.3 is 329 Å². The largest absolute Gasteiger partial charge is 3.00 e. The topological polar surface area (TPSA) is 1710 Å². The molecule has 0 unspecified atom stereocenters. The summed E-state index contributed by atoms with van der Waals surface area (Å²) in [6, 6.07) is 0. The molecule has 110 heavy (non-hydrogen) atoms. The predicted octanol–water partition coefficient (Wildman–Crippen LogP) is -7.25. The summed E-state index contributed by atoms with van der Waals surface area (Å²) in [7, 11) is 0. The Morgan fingerprint density at radius 3 is 0.0182 bits per heavy atom. The van der Waals surface area contributed by atoms with Gasteiger partial charge in [-0.3, -0.25) is 0 Å². The normalized spacial score (nSPS) is 0. The monoisotopic (exact) mass is 3760 g/mol. The molecule has 0 heterocycles. The fraction of sp³-hybridized carbons (Fsp3) is 0. The molecule has 60 nitrogen and oxygen atoms in total. The van der Waals surface area contributed by atoms with Gasteiger partial charge in [0.05, 0.1) is 0 Å². The van der Waals surface area contributed by atoms with Gasteiger partial charge in [0.1, 0.15) is 0 Å². The minimum atomic E-state index is 0. The van der Waals surface area contributed by atoms with Crippen LogP contribution in [0.3, 0.4) is 0 Å². The standard InChI is InChI=1S/50Fe.60O/q50*+3;60*-2. The molecule has 0 N–H and O–H groups in total. The summed E-state index contributed by atoms with van der Waals surface area (Å²) in [6.45, 7) is 0. The van der Waals surface area contributed by atoms with Gasteiger partial charge in [-0.2, -0.15) is 0 Å². The third-order valence-electron chi connectivity index (χ3n) is 0. The van der Waals surface area contributed by atoms with Gasteiger partial charge in [0.15, 0.2) is 0 Å².